The number of aromatic nitrogens is 2. The first-order chi connectivity index (χ1) is 10.2. The van der Waals surface area contributed by atoms with Crippen LogP contribution < -0.4 is 11.1 Å². The summed E-state index contributed by atoms with van der Waals surface area (Å²) >= 11 is 1.45. The molecule has 0 spiro atoms. The molecule has 1 heterocycles. The van der Waals surface area contributed by atoms with Crippen molar-refractivity contribution in [1.29, 1.82) is 0 Å². The number of carbonyl (C=O) groups is 1. The number of amides is 1. The normalized spacial score (nSPS) is 10.4. The molecule has 120 valence electrons. The maximum Gasteiger partial charge on any atom is 0.257 e. The van der Waals surface area contributed by atoms with E-state index >= 15 is 0 Å². The van der Waals surface area contributed by atoms with Crippen LogP contribution in [-0.4, -0.2) is 16.1 Å². The number of rotatable bonds is 6. The van der Waals surface area contributed by atoms with Crippen molar-refractivity contribution in [2.45, 2.75) is 39.2 Å². The minimum absolute atomic E-state index is 0. The molecule has 2 rings (SSSR count). The van der Waals surface area contributed by atoms with Gasteiger partial charge in [-0.3, -0.25) is 10.1 Å². The Hall–Kier alpha value is -1.50. The molecule has 0 bridgehead atoms. The molecule has 0 aliphatic rings. The van der Waals surface area contributed by atoms with Crippen LogP contribution in [0.1, 0.15) is 53.5 Å². The number of carbonyl (C=O) groups excluding carboxylic acids is 1. The first-order valence-electron chi connectivity index (χ1n) is 7.11. The minimum Gasteiger partial charge on any atom is -0.326 e. The van der Waals surface area contributed by atoms with Crippen molar-refractivity contribution in [2.24, 2.45) is 5.73 Å². The third kappa shape index (κ3) is 4.50. The zero-order valence-electron chi connectivity index (χ0n) is 12.7. The Balaban J connectivity index is 0.00000242. The lowest BCUT2D eigenvalue weighted by atomic mass is 10.1. The van der Waals surface area contributed by atoms with Crippen molar-refractivity contribution >= 4 is 34.8 Å². The predicted molar refractivity (Wildman–Crippen MR) is 92.8 cm³/mol. The second-order valence-corrected chi connectivity index (χ2v) is 5.82. The van der Waals surface area contributed by atoms with Crippen molar-refractivity contribution in [2.75, 3.05) is 5.32 Å². The topological polar surface area (TPSA) is 80.9 Å². The van der Waals surface area contributed by atoms with E-state index in [1.54, 1.807) is 12.1 Å². The summed E-state index contributed by atoms with van der Waals surface area (Å²) in [5.41, 5.74) is 7.13. The maximum atomic E-state index is 12.1. The highest BCUT2D eigenvalue weighted by Crippen LogP contribution is 2.28. The Morgan fingerprint density at radius 1 is 1.23 bits per heavy atom. The van der Waals surface area contributed by atoms with Gasteiger partial charge < -0.3 is 5.73 Å². The number of hydrogen-bond donors (Lipinski definition) is 2. The number of nitrogens with zero attached hydrogens (tertiary/aromatic N) is 2. The summed E-state index contributed by atoms with van der Waals surface area (Å²) in [6, 6.07) is 7.23. The van der Waals surface area contributed by atoms with Crippen molar-refractivity contribution in [3.8, 4) is 0 Å². The second kappa shape index (κ2) is 8.82. The Morgan fingerprint density at radius 3 is 2.41 bits per heavy atom. The van der Waals surface area contributed by atoms with Gasteiger partial charge in [-0.05, 0) is 30.5 Å². The Bertz CT molecular complexity index is 596. The zero-order valence-corrected chi connectivity index (χ0v) is 14.3. The van der Waals surface area contributed by atoms with Crippen LogP contribution in [0, 0.1) is 0 Å². The molecule has 1 aromatic heterocycles. The van der Waals surface area contributed by atoms with Gasteiger partial charge in [0.05, 0.1) is 0 Å². The monoisotopic (exact) mass is 340 g/mol. The third-order valence-corrected chi connectivity index (χ3v) is 4.45. The van der Waals surface area contributed by atoms with Crippen molar-refractivity contribution in [1.82, 2.24) is 10.2 Å². The summed E-state index contributed by atoms with van der Waals surface area (Å²) in [4.78, 5) is 12.1. The van der Waals surface area contributed by atoms with E-state index in [-0.39, 0.29) is 18.3 Å². The number of nitrogens with one attached hydrogen (secondary N) is 1. The molecule has 0 atom stereocenters. The molecule has 0 saturated heterocycles. The van der Waals surface area contributed by atoms with Gasteiger partial charge in [0.15, 0.2) is 0 Å². The van der Waals surface area contributed by atoms with Gasteiger partial charge in [-0.15, -0.1) is 22.6 Å². The van der Waals surface area contributed by atoms with E-state index in [0.29, 0.717) is 23.2 Å². The van der Waals surface area contributed by atoms with Crippen LogP contribution in [0.2, 0.25) is 0 Å². The molecule has 0 radical (unpaired) electrons. The summed E-state index contributed by atoms with van der Waals surface area (Å²) in [5, 5.41) is 12.5. The molecule has 7 heteroatoms. The fourth-order valence-corrected chi connectivity index (χ4v) is 3.05. The fraction of sp³-hybridized carbons (Fsp3) is 0.400. The van der Waals surface area contributed by atoms with Gasteiger partial charge in [-0.25, -0.2) is 0 Å². The zero-order chi connectivity index (χ0) is 15.2. The summed E-state index contributed by atoms with van der Waals surface area (Å²) < 4.78 is 0. The van der Waals surface area contributed by atoms with E-state index in [0.717, 1.165) is 23.4 Å². The number of anilines is 1. The molecular weight excluding hydrogens is 320 g/mol. The highest BCUT2D eigenvalue weighted by Gasteiger charge is 2.15. The largest absolute Gasteiger partial charge is 0.326 e. The van der Waals surface area contributed by atoms with Crippen LogP contribution in [0.15, 0.2) is 24.3 Å². The SMILES string of the molecule is CCC(CC)c1nnc(NC(=O)c2ccc(CN)cc2)s1.Cl. The number of nitrogens with two attached hydrogens (primary N) is 1. The molecule has 3 N–H and O–H groups in total. The van der Waals surface area contributed by atoms with Gasteiger partial charge in [0, 0.05) is 18.0 Å². The average molecular weight is 341 g/mol. The minimum atomic E-state index is -0.175. The summed E-state index contributed by atoms with van der Waals surface area (Å²) in [6.07, 6.45) is 2.05. The number of hydrogen-bond acceptors (Lipinski definition) is 5. The van der Waals surface area contributed by atoms with E-state index in [4.69, 9.17) is 5.73 Å². The number of halogens is 1. The predicted octanol–water partition coefficient (Wildman–Crippen LogP) is 3.57. The lowest BCUT2D eigenvalue weighted by Crippen LogP contribution is -2.11. The molecule has 0 fully saturated rings. The standard InChI is InChI=1S/C15H20N4OS.ClH/c1-3-11(4-2)14-18-19-15(21-14)17-13(20)12-7-5-10(9-16)6-8-12;/h5-8,11H,3-4,9,16H2,1-2H3,(H,17,19,20);1H. The van der Waals surface area contributed by atoms with Crippen LogP contribution >= 0.6 is 23.7 Å². The highest BCUT2D eigenvalue weighted by atomic mass is 35.5. The molecule has 1 aromatic carbocycles. The summed E-state index contributed by atoms with van der Waals surface area (Å²) in [6.45, 7) is 4.73. The molecule has 0 unspecified atom stereocenters. The molecule has 0 aliphatic carbocycles. The van der Waals surface area contributed by atoms with Gasteiger partial charge in [-0.2, -0.15) is 0 Å². The summed E-state index contributed by atoms with van der Waals surface area (Å²) in [5.74, 6) is 0.239. The maximum absolute atomic E-state index is 12.1. The molecule has 2 aromatic rings. The highest BCUT2D eigenvalue weighted by molar-refractivity contribution is 7.15. The van der Waals surface area contributed by atoms with Gasteiger partial charge in [0.1, 0.15) is 5.01 Å². The van der Waals surface area contributed by atoms with E-state index < -0.39 is 0 Å². The van der Waals surface area contributed by atoms with Crippen LogP contribution in [0.4, 0.5) is 5.13 Å². The lowest BCUT2D eigenvalue weighted by Gasteiger charge is -2.05. The first kappa shape index (κ1) is 18.5. The Morgan fingerprint density at radius 2 is 1.86 bits per heavy atom. The molecule has 22 heavy (non-hydrogen) atoms. The molecule has 0 aliphatic heterocycles. The Labute approximate surface area is 140 Å². The van der Waals surface area contributed by atoms with E-state index in [1.807, 2.05) is 12.1 Å². The van der Waals surface area contributed by atoms with Crippen LogP contribution in [0.25, 0.3) is 0 Å². The quantitative estimate of drug-likeness (QED) is 0.842. The Kier molecular flexibility index (Phi) is 7.44. The third-order valence-electron chi connectivity index (χ3n) is 3.45. The fourth-order valence-electron chi connectivity index (χ4n) is 2.05. The van der Waals surface area contributed by atoms with Crippen molar-refractivity contribution in [3.63, 3.8) is 0 Å². The van der Waals surface area contributed by atoms with E-state index in [9.17, 15) is 4.79 Å². The second-order valence-electron chi connectivity index (χ2n) is 4.81. The van der Waals surface area contributed by atoms with Gasteiger partial charge in [0.25, 0.3) is 5.91 Å². The molecule has 1 amide bonds. The molecule has 0 saturated carbocycles. The van der Waals surface area contributed by atoms with Crippen LogP contribution in [-0.2, 0) is 6.54 Å². The first-order valence-corrected chi connectivity index (χ1v) is 7.93. The smallest absolute Gasteiger partial charge is 0.257 e. The van der Waals surface area contributed by atoms with E-state index in [2.05, 4.69) is 29.4 Å². The van der Waals surface area contributed by atoms with Crippen molar-refractivity contribution in [3.05, 3.63) is 40.4 Å². The lowest BCUT2D eigenvalue weighted by molar-refractivity contribution is 0.102. The van der Waals surface area contributed by atoms with Gasteiger partial charge in [-0.1, -0.05) is 37.3 Å². The van der Waals surface area contributed by atoms with E-state index in [1.165, 1.54) is 11.3 Å². The molecular formula is C15H21ClN4OS. The molecule has 5 nitrogen and oxygen atoms in total. The number of benzene rings is 1. The van der Waals surface area contributed by atoms with Crippen LogP contribution in [0.5, 0.6) is 0 Å². The van der Waals surface area contributed by atoms with Crippen LogP contribution in [0.3, 0.4) is 0 Å². The van der Waals surface area contributed by atoms with Gasteiger partial charge in [0.2, 0.25) is 5.13 Å². The average Bonchev–Trinajstić information content (AvgIpc) is 2.97. The summed E-state index contributed by atoms with van der Waals surface area (Å²) in [7, 11) is 0. The van der Waals surface area contributed by atoms with Crippen molar-refractivity contribution < 1.29 is 4.79 Å². The van der Waals surface area contributed by atoms with Gasteiger partial charge >= 0.3 is 0 Å².